The van der Waals surface area contributed by atoms with Gasteiger partial charge in [0, 0.05) is 0 Å². The van der Waals surface area contributed by atoms with Crippen LogP contribution < -0.4 is 0 Å². The summed E-state index contributed by atoms with van der Waals surface area (Å²) in [6, 6.07) is 0. The van der Waals surface area contributed by atoms with Gasteiger partial charge in [-0.1, -0.05) is 0 Å². The van der Waals surface area contributed by atoms with Crippen molar-refractivity contribution in [1.82, 2.24) is 0 Å². The van der Waals surface area contributed by atoms with E-state index in [1.807, 2.05) is 0 Å². The topological polar surface area (TPSA) is 57.0 Å². The van der Waals surface area contributed by atoms with Gasteiger partial charge in [-0.25, -0.2) is 0 Å². The third-order valence-corrected chi connectivity index (χ3v) is 0. The molecule has 0 saturated carbocycles. The Balaban J connectivity index is 0. The van der Waals surface area contributed by atoms with Crippen LogP contribution in [0.15, 0.2) is 0 Å². The van der Waals surface area contributed by atoms with Crippen molar-refractivity contribution in [3.05, 3.63) is 0 Å². The van der Waals surface area contributed by atoms with Crippen LogP contribution in [0.25, 0.3) is 0 Å². The summed E-state index contributed by atoms with van der Waals surface area (Å²) in [5.74, 6) is 0. The maximum atomic E-state index is 0. The summed E-state index contributed by atoms with van der Waals surface area (Å²) >= 11 is 0. The summed E-state index contributed by atoms with van der Waals surface area (Å²) in [7, 11) is 0. The Bertz CT molecular complexity index is 9.61. The summed E-state index contributed by atoms with van der Waals surface area (Å²) in [5, 5.41) is 0. The van der Waals surface area contributed by atoms with Crippen molar-refractivity contribution in [1.29, 1.82) is 0 Å². The maximum absolute atomic E-state index is 0. The van der Waals surface area contributed by atoms with Gasteiger partial charge in [-0.15, -0.1) is 0 Å². The van der Waals surface area contributed by atoms with E-state index >= 15 is 0 Å². The minimum atomic E-state index is 0. The molecule has 0 rings (SSSR count). The first kappa shape index (κ1) is 83.6. The van der Waals surface area contributed by atoms with Crippen LogP contribution >= 0.6 is 0 Å². The van der Waals surface area contributed by atoms with Crippen LogP contribution in [0.3, 0.4) is 0 Å². The van der Waals surface area contributed by atoms with Crippen LogP contribution in [0.2, 0.25) is 0 Å². The van der Waals surface area contributed by atoms with Crippen LogP contribution in [-0.4, -0.2) is 0 Å². The first-order valence-corrected chi connectivity index (χ1v) is 0. The summed E-state index contributed by atoms with van der Waals surface area (Å²) < 4.78 is 0. The largest absolute Gasteiger partial charge is 2.00 e. The van der Waals surface area contributed by atoms with Crippen molar-refractivity contribution < 1.29 is 64.0 Å². The Morgan fingerprint density at radius 2 is 0.800 bits per heavy atom. The molecule has 0 amide bonds. The van der Waals surface area contributed by atoms with E-state index in [9.17, 15) is 0 Å². The molecule has 0 bridgehead atoms. The standard InChI is InChI=1S/Mn.Ni.2O.Zn/q2*+2;2*-2;+2. The van der Waals surface area contributed by atoms with E-state index in [-0.39, 0.29) is 64.0 Å². The second kappa shape index (κ2) is 47.6. The molecule has 0 atom stereocenters. The van der Waals surface area contributed by atoms with E-state index < -0.39 is 0 Å². The van der Waals surface area contributed by atoms with Gasteiger partial charge in [-0.05, 0) is 0 Å². The molecule has 2 nitrogen and oxygen atoms in total. The van der Waals surface area contributed by atoms with Crippen molar-refractivity contribution >= 4 is 0 Å². The fourth-order valence-electron chi connectivity index (χ4n) is 0. The third kappa shape index (κ3) is 29.0. The van der Waals surface area contributed by atoms with Crippen LogP contribution in [0, 0.1) is 0 Å². The van der Waals surface area contributed by atoms with Gasteiger partial charge < -0.3 is 11.0 Å². The van der Waals surface area contributed by atoms with Crippen LogP contribution in [-0.2, 0) is 64.0 Å². The van der Waals surface area contributed by atoms with E-state index in [0.29, 0.717) is 0 Å². The molecule has 0 N–H and O–H groups in total. The average molecular weight is 211 g/mol. The van der Waals surface area contributed by atoms with Gasteiger partial charge in [0.05, 0.1) is 0 Å². The molecule has 0 unspecified atom stereocenters. The predicted molar refractivity (Wildman–Crippen MR) is 1.37 cm³/mol. The summed E-state index contributed by atoms with van der Waals surface area (Å²) in [6.07, 6.45) is 0. The Morgan fingerprint density at radius 3 is 0.800 bits per heavy atom. The molecule has 5 heavy (non-hydrogen) atoms. The molecule has 1 radical (unpaired) electrons. The quantitative estimate of drug-likeness (QED) is 0.496. The molecule has 0 spiro atoms. The molecule has 0 heterocycles. The van der Waals surface area contributed by atoms with Gasteiger partial charge in [0.25, 0.3) is 0 Å². The maximum Gasteiger partial charge on any atom is 2.00 e. The second-order valence-electron chi connectivity index (χ2n) is 0. The Kier molecular flexibility index (Phi) is 796. The molecular weight excluding hydrogens is 211 g/mol. The van der Waals surface area contributed by atoms with Crippen molar-refractivity contribution in [3.63, 3.8) is 0 Å². The average Bonchev–Trinajstić information content (AvgIpc) is 0. The summed E-state index contributed by atoms with van der Waals surface area (Å²) in [6.45, 7) is 0. The normalized spacial score (nSPS) is 0. The molecule has 0 aliphatic carbocycles. The molecule has 0 saturated heterocycles. The van der Waals surface area contributed by atoms with E-state index in [2.05, 4.69) is 0 Å². The zero-order chi connectivity index (χ0) is 0. The summed E-state index contributed by atoms with van der Waals surface area (Å²) in [4.78, 5) is 0. The third-order valence-electron chi connectivity index (χ3n) is 0. The number of rotatable bonds is 0. The molecule has 0 aliphatic rings. The SMILES string of the molecule is [Mn+2].[Ni+2].[O-2].[O-2].[Zn+2]. The first-order valence-electron chi connectivity index (χ1n) is 0. The van der Waals surface area contributed by atoms with Crippen LogP contribution in [0.4, 0.5) is 0 Å². The first-order chi connectivity index (χ1) is 0. The van der Waals surface area contributed by atoms with Gasteiger partial charge in [0.2, 0.25) is 0 Å². The predicted octanol–water partition coefficient (Wildman–Crippen LogP) is -0.245. The molecule has 29 valence electrons. The number of hydrogen-bond acceptors (Lipinski definition) is 0. The summed E-state index contributed by atoms with van der Waals surface area (Å²) in [5.41, 5.74) is 0. The molecule has 0 aromatic heterocycles. The van der Waals surface area contributed by atoms with Crippen molar-refractivity contribution in [2.24, 2.45) is 0 Å². The monoisotopic (exact) mass is 209 g/mol. The van der Waals surface area contributed by atoms with Gasteiger partial charge in [-0.2, -0.15) is 0 Å². The van der Waals surface area contributed by atoms with E-state index in [1.165, 1.54) is 0 Å². The molecule has 0 aromatic rings. The zero-order valence-corrected chi connectivity index (χ0v) is 7.35. The molecular formula is MnNiO2Zn+2. The van der Waals surface area contributed by atoms with Crippen LogP contribution in [0.5, 0.6) is 0 Å². The van der Waals surface area contributed by atoms with E-state index in [1.54, 1.807) is 0 Å². The van der Waals surface area contributed by atoms with Crippen molar-refractivity contribution in [2.75, 3.05) is 0 Å². The van der Waals surface area contributed by atoms with Crippen LogP contribution in [0.1, 0.15) is 0 Å². The Hall–Kier alpha value is 1.56. The Labute approximate surface area is 63.9 Å². The molecule has 5 heteroatoms. The second-order valence-corrected chi connectivity index (χ2v) is 0. The van der Waals surface area contributed by atoms with Gasteiger partial charge >= 0.3 is 53.0 Å². The fraction of sp³-hybridized carbons (Fsp3) is 0. The van der Waals surface area contributed by atoms with Gasteiger partial charge in [-0.3, -0.25) is 0 Å². The molecule has 0 aromatic carbocycles. The van der Waals surface area contributed by atoms with Gasteiger partial charge in [0.15, 0.2) is 0 Å². The van der Waals surface area contributed by atoms with Gasteiger partial charge in [0.1, 0.15) is 0 Å². The smallest absolute Gasteiger partial charge is 2.00 e. The minimum absolute atomic E-state index is 0. The van der Waals surface area contributed by atoms with E-state index in [4.69, 9.17) is 0 Å². The van der Waals surface area contributed by atoms with E-state index in [0.717, 1.165) is 0 Å². The molecule has 0 fully saturated rings. The number of hydrogen-bond donors (Lipinski definition) is 0. The fourth-order valence-corrected chi connectivity index (χ4v) is 0. The molecule has 0 aliphatic heterocycles. The zero-order valence-electron chi connectivity index (χ0n) is 2.22. The van der Waals surface area contributed by atoms with Crippen molar-refractivity contribution in [3.8, 4) is 0 Å². The van der Waals surface area contributed by atoms with Crippen molar-refractivity contribution in [2.45, 2.75) is 0 Å². The Morgan fingerprint density at radius 1 is 0.800 bits per heavy atom. The minimum Gasteiger partial charge on any atom is -2.00 e.